The Kier molecular flexibility index (Phi) is 5.62. The van der Waals surface area contributed by atoms with Gasteiger partial charge in [-0.15, -0.1) is 0 Å². The van der Waals surface area contributed by atoms with E-state index >= 15 is 0 Å². The molecule has 1 aliphatic rings. The molecule has 0 aromatic heterocycles. The lowest BCUT2D eigenvalue weighted by Gasteiger charge is -2.24. The van der Waals surface area contributed by atoms with Gasteiger partial charge in [-0.25, -0.2) is 0 Å². The summed E-state index contributed by atoms with van der Waals surface area (Å²) in [6.45, 7) is 7.18. The standard InChI is InChI=1S/C13H27NO/c1-10(2)7-8-11(3)14-13-6-4-5-12(13)9-15/h10-15H,4-9H2,1-3H3. The zero-order valence-corrected chi connectivity index (χ0v) is 10.5. The Hall–Kier alpha value is -0.0800. The van der Waals surface area contributed by atoms with Crippen LogP contribution in [0.25, 0.3) is 0 Å². The van der Waals surface area contributed by atoms with Crippen molar-refractivity contribution in [3.63, 3.8) is 0 Å². The maximum Gasteiger partial charge on any atom is 0.0474 e. The summed E-state index contributed by atoms with van der Waals surface area (Å²) in [4.78, 5) is 0. The first kappa shape index (κ1) is 13.0. The van der Waals surface area contributed by atoms with Crippen molar-refractivity contribution in [2.24, 2.45) is 11.8 Å². The van der Waals surface area contributed by atoms with Gasteiger partial charge in [-0.1, -0.05) is 20.3 Å². The van der Waals surface area contributed by atoms with Gasteiger partial charge in [-0.2, -0.15) is 0 Å². The molecule has 0 saturated heterocycles. The largest absolute Gasteiger partial charge is 0.396 e. The Morgan fingerprint density at radius 3 is 2.53 bits per heavy atom. The maximum absolute atomic E-state index is 9.23. The summed E-state index contributed by atoms with van der Waals surface area (Å²) in [5.74, 6) is 1.30. The number of aliphatic hydroxyl groups excluding tert-OH is 1. The van der Waals surface area contributed by atoms with Gasteiger partial charge in [0.1, 0.15) is 0 Å². The van der Waals surface area contributed by atoms with E-state index in [0.29, 0.717) is 24.6 Å². The molecular weight excluding hydrogens is 186 g/mol. The lowest BCUT2D eigenvalue weighted by molar-refractivity contribution is 0.199. The summed E-state index contributed by atoms with van der Waals surface area (Å²) in [7, 11) is 0. The fraction of sp³-hybridized carbons (Fsp3) is 1.00. The predicted molar refractivity (Wildman–Crippen MR) is 64.9 cm³/mol. The quantitative estimate of drug-likeness (QED) is 0.711. The Bertz CT molecular complexity index is 170. The molecule has 90 valence electrons. The molecule has 3 unspecified atom stereocenters. The summed E-state index contributed by atoms with van der Waals surface area (Å²) in [6, 6.07) is 1.17. The third-order valence-electron chi connectivity index (χ3n) is 3.57. The third kappa shape index (κ3) is 4.52. The highest BCUT2D eigenvalue weighted by molar-refractivity contribution is 4.84. The van der Waals surface area contributed by atoms with E-state index in [0.717, 1.165) is 5.92 Å². The first-order valence-corrected chi connectivity index (χ1v) is 6.50. The minimum atomic E-state index is 0.356. The van der Waals surface area contributed by atoms with E-state index in [1.807, 2.05) is 0 Å². The number of aliphatic hydroxyl groups is 1. The molecule has 0 radical (unpaired) electrons. The van der Waals surface area contributed by atoms with Gasteiger partial charge in [-0.05, 0) is 44.4 Å². The van der Waals surface area contributed by atoms with Crippen molar-refractivity contribution >= 4 is 0 Å². The second-order valence-corrected chi connectivity index (χ2v) is 5.52. The average Bonchev–Trinajstić information content (AvgIpc) is 2.62. The number of rotatable bonds is 6. The van der Waals surface area contributed by atoms with Gasteiger partial charge >= 0.3 is 0 Å². The van der Waals surface area contributed by atoms with Crippen LogP contribution in [0.15, 0.2) is 0 Å². The van der Waals surface area contributed by atoms with Gasteiger partial charge in [0.15, 0.2) is 0 Å². The van der Waals surface area contributed by atoms with Gasteiger partial charge in [0.25, 0.3) is 0 Å². The van der Waals surface area contributed by atoms with Crippen molar-refractivity contribution in [2.45, 2.75) is 65.0 Å². The Balaban J connectivity index is 2.21. The van der Waals surface area contributed by atoms with Crippen molar-refractivity contribution in [1.29, 1.82) is 0 Å². The lowest BCUT2D eigenvalue weighted by Crippen LogP contribution is -2.40. The first-order valence-electron chi connectivity index (χ1n) is 6.50. The van der Waals surface area contributed by atoms with E-state index in [9.17, 15) is 5.11 Å². The van der Waals surface area contributed by atoms with Crippen LogP contribution in [-0.2, 0) is 0 Å². The first-order chi connectivity index (χ1) is 7.13. The molecule has 0 spiro atoms. The summed E-state index contributed by atoms with van der Waals surface area (Å²) >= 11 is 0. The Morgan fingerprint density at radius 2 is 1.93 bits per heavy atom. The molecule has 15 heavy (non-hydrogen) atoms. The van der Waals surface area contributed by atoms with Crippen LogP contribution in [0.4, 0.5) is 0 Å². The SMILES string of the molecule is CC(C)CCC(C)NC1CCCC1CO. The van der Waals surface area contributed by atoms with Crippen LogP contribution in [0.2, 0.25) is 0 Å². The molecule has 2 nitrogen and oxygen atoms in total. The van der Waals surface area contributed by atoms with Gasteiger partial charge in [-0.3, -0.25) is 0 Å². The molecule has 1 aliphatic carbocycles. The van der Waals surface area contributed by atoms with E-state index in [-0.39, 0.29) is 0 Å². The van der Waals surface area contributed by atoms with Crippen LogP contribution >= 0.6 is 0 Å². The lowest BCUT2D eigenvalue weighted by atomic mass is 10.0. The smallest absolute Gasteiger partial charge is 0.0474 e. The summed E-state index contributed by atoms with van der Waals surface area (Å²) in [5, 5.41) is 12.9. The van der Waals surface area contributed by atoms with E-state index < -0.39 is 0 Å². The highest BCUT2D eigenvalue weighted by atomic mass is 16.3. The highest BCUT2D eigenvalue weighted by Crippen LogP contribution is 2.25. The minimum absolute atomic E-state index is 0.356. The maximum atomic E-state index is 9.23. The van der Waals surface area contributed by atoms with Crippen LogP contribution in [-0.4, -0.2) is 23.8 Å². The van der Waals surface area contributed by atoms with Gasteiger partial charge in [0.2, 0.25) is 0 Å². The third-order valence-corrected chi connectivity index (χ3v) is 3.57. The van der Waals surface area contributed by atoms with Crippen LogP contribution in [0.1, 0.15) is 52.9 Å². The van der Waals surface area contributed by atoms with Gasteiger partial charge in [0, 0.05) is 18.7 Å². The summed E-state index contributed by atoms with van der Waals surface area (Å²) < 4.78 is 0. The molecule has 1 rings (SSSR count). The second kappa shape index (κ2) is 6.49. The van der Waals surface area contributed by atoms with E-state index in [2.05, 4.69) is 26.1 Å². The molecule has 0 amide bonds. The minimum Gasteiger partial charge on any atom is -0.396 e. The van der Waals surface area contributed by atoms with Crippen LogP contribution < -0.4 is 5.32 Å². The van der Waals surface area contributed by atoms with E-state index in [1.54, 1.807) is 0 Å². The molecule has 2 heteroatoms. The number of hydrogen-bond donors (Lipinski definition) is 2. The molecule has 0 heterocycles. The number of hydrogen-bond acceptors (Lipinski definition) is 2. The molecular formula is C13H27NO. The average molecular weight is 213 g/mol. The monoisotopic (exact) mass is 213 g/mol. The van der Waals surface area contributed by atoms with Crippen molar-refractivity contribution in [3.05, 3.63) is 0 Å². The van der Waals surface area contributed by atoms with E-state index in [4.69, 9.17) is 0 Å². The zero-order valence-electron chi connectivity index (χ0n) is 10.5. The van der Waals surface area contributed by atoms with Crippen LogP contribution in [0, 0.1) is 11.8 Å². The van der Waals surface area contributed by atoms with Crippen molar-refractivity contribution < 1.29 is 5.11 Å². The molecule has 2 N–H and O–H groups in total. The van der Waals surface area contributed by atoms with Crippen molar-refractivity contribution in [2.75, 3.05) is 6.61 Å². The Morgan fingerprint density at radius 1 is 1.20 bits per heavy atom. The molecule has 1 saturated carbocycles. The van der Waals surface area contributed by atoms with Crippen LogP contribution in [0.5, 0.6) is 0 Å². The molecule has 3 atom stereocenters. The predicted octanol–water partition coefficient (Wildman–Crippen LogP) is 2.56. The fourth-order valence-corrected chi connectivity index (χ4v) is 2.51. The van der Waals surface area contributed by atoms with Crippen LogP contribution in [0.3, 0.4) is 0 Å². The molecule has 0 bridgehead atoms. The number of nitrogens with one attached hydrogen (secondary N) is 1. The van der Waals surface area contributed by atoms with Crippen molar-refractivity contribution in [3.8, 4) is 0 Å². The van der Waals surface area contributed by atoms with E-state index in [1.165, 1.54) is 32.1 Å². The highest BCUT2D eigenvalue weighted by Gasteiger charge is 2.27. The van der Waals surface area contributed by atoms with Crippen molar-refractivity contribution in [1.82, 2.24) is 5.32 Å². The second-order valence-electron chi connectivity index (χ2n) is 5.52. The molecule has 0 aromatic rings. The fourth-order valence-electron chi connectivity index (χ4n) is 2.51. The Labute approximate surface area is 94.5 Å². The van der Waals surface area contributed by atoms with Gasteiger partial charge < -0.3 is 10.4 Å². The molecule has 1 fully saturated rings. The molecule has 0 aliphatic heterocycles. The topological polar surface area (TPSA) is 32.3 Å². The normalized spacial score (nSPS) is 28.6. The van der Waals surface area contributed by atoms with Gasteiger partial charge in [0.05, 0.1) is 0 Å². The summed E-state index contributed by atoms with van der Waals surface area (Å²) in [5.41, 5.74) is 0. The summed E-state index contributed by atoms with van der Waals surface area (Å²) in [6.07, 6.45) is 6.28. The molecule has 0 aromatic carbocycles. The zero-order chi connectivity index (χ0) is 11.3.